The Morgan fingerprint density at radius 2 is 1.90 bits per heavy atom. The van der Waals surface area contributed by atoms with E-state index in [0.29, 0.717) is 17.6 Å². The van der Waals surface area contributed by atoms with E-state index in [1.54, 1.807) is 31.2 Å². The maximum atomic E-state index is 11.9. The second kappa shape index (κ2) is 6.98. The molecule has 0 heterocycles. The van der Waals surface area contributed by atoms with Crippen LogP contribution in [0.1, 0.15) is 26.7 Å². The Labute approximate surface area is 120 Å². The average Bonchev–Trinajstić information content (AvgIpc) is 2.40. The van der Waals surface area contributed by atoms with Gasteiger partial charge in [-0.3, -0.25) is 0 Å². The van der Waals surface area contributed by atoms with Crippen molar-refractivity contribution in [3.05, 3.63) is 24.3 Å². The Bertz CT molecular complexity index is 476. The number of nitrogens with one attached hydrogen (secondary N) is 2. The maximum absolute atomic E-state index is 11.9. The molecule has 2 radical (unpaired) electrons. The molecular formula is C14H19BN2O3. The highest BCUT2D eigenvalue weighted by Gasteiger charge is 2.35. The van der Waals surface area contributed by atoms with Gasteiger partial charge in [0.05, 0.1) is 7.11 Å². The van der Waals surface area contributed by atoms with Gasteiger partial charge in [-0.2, -0.15) is 0 Å². The van der Waals surface area contributed by atoms with E-state index in [0.717, 1.165) is 6.42 Å². The Kier molecular flexibility index (Phi) is 5.61. The van der Waals surface area contributed by atoms with Crippen LogP contribution < -0.4 is 16.1 Å². The van der Waals surface area contributed by atoms with Crippen LogP contribution in [0.4, 0.5) is 10.5 Å². The van der Waals surface area contributed by atoms with Gasteiger partial charge in [-0.25, -0.2) is 9.59 Å². The van der Waals surface area contributed by atoms with Crippen molar-refractivity contribution in [2.75, 3.05) is 12.4 Å². The van der Waals surface area contributed by atoms with E-state index in [1.165, 1.54) is 7.11 Å². The number of hydrogen-bond donors (Lipinski definition) is 2. The molecule has 1 aromatic carbocycles. The molecule has 1 rings (SSSR count). The number of carbonyl (C=O) groups is 2. The number of methoxy groups -OCH3 is 1. The molecule has 20 heavy (non-hydrogen) atoms. The van der Waals surface area contributed by atoms with Crippen LogP contribution in [0.25, 0.3) is 0 Å². The lowest BCUT2D eigenvalue weighted by molar-refractivity contribution is -0.147. The highest BCUT2D eigenvalue weighted by molar-refractivity contribution is 6.32. The lowest BCUT2D eigenvalue weighted by Gasteiger charge is -2.27. The predicted molar refractivity (Wildman–Crippen MR) is 79.3 cm³/mol. The zero-order valence-electron chi connectivity index (χ0n) is 12.0. The monoisotopic (exact) mass is 274 g/mol. The number of ether oxygens (including phenoxy) is 1. The highest BCUT2D eigenvalue weighted by atomic mass is 16.5. The average molecular weight is 274 g/mol. The zero-order chi connectivity index (χ0) is 15.2. The molecule has 1 atom stereocenters. The molecule has 2 amide bonds. The molecule has 0 aliphatic rings. The van der Waals surface area contributed by atoms with Crippen molar-refractivity contribution in [3.8, 4) is 0 Å². The van der Waals surface area contributed by atoms with Crippen LogP contribution in [0.5, 0.6) is 0 Å². The molecule has 0 aliphatic heterocycles. The summed E-state index contributed by atoms with van der Waals surface area (Å²) in [4.78, 5) is 23.7. The van der Waals surface area contributed by atoms with Gasteiger partial charge in [-0.1, -0.05) is 30.9 Å². The van der Waals surface area contributed by atoms with Gasteiger partial charge in [0.2, 0.25) is 0 Å². The number of benzene rings is 1. The number of carbonyl (C=O) groups excluding carboxylic acids is 2. The van der Waals surface area contributed by atoms with E-state index in [1.807, 2.05) is 6.92 Å². The molecule has 0 bridgehead atoms. The largest absolute Gasteiger partial charge is 0.467 e. The molecule has 0 spiro atoms. The second-order valence-corrected chi connectivity index (χ2v) is 4.77. The van der Waals surface area contributed by atoms with Crippen molar-refractivity contribution >= 4 is 31.0 Å². The summed E-state index contributed by atoms with van der Waals surface area (Å²) in [6.07, 6.45) is 1.24. The van der Waals surface area contributed by atoms with Crippen molar-refractivity contribution in [3.63, 3.8) is 0 Å². The molecular weight excluding hydrogens is 255 g/mol. The molecule has 106 valence electrons. The summed E-state index contributed by atoms with van der Waals surface area (Å²) in [6, 6.07) is 6.27. The van der Waals surface area contributed by atoms with E-state index >= 15 is 0 Å². The van der Waals surface area contributed by atoms with Gasteiger partial charge in [-0.15, -0.1) is 0 Å². The number of anilines is 1. The SMILES string of the molecule is [B]c1ccc(NC(=O)NC(C)(CCC)C(=O)OC)cc1. The predicted octanol–water partition coefficient (Wildman–Crippen LogP) is 1.33. The standard InChI is InChI=1S/C14H19BN2O3/c1-4-9-14(2,12(18)20-3)17-13(19)16-11-7-5-10(15)6-8-11/h5-8H,4,9H2,1-3H3,(H2,16,17,19). The fraction of sp³-hybridized carbons (Fsp3) is 0.429. The topological polar surface area (TPSA) is 67.4 Å². The molecule has 0 aromatic heterocycles. The molecule has 0 saturated heterocycles. The van der Waals surface area contributed by atoms with Crippen LogP contribution in [-0.2, 0) is 9.53 Å². The summed E-state index contributed by atoms with van der Waals surface area (Å²) in [5.41, 5.74) is 0.170. The van der Waals surface area contributed by atoms with Crippen LogP contribution in [-0.4, -0.2) is 32.5 Å². The van der Waals surface area contributed by atoms with Crippen molar-refractivity contribution in [1.82, 2.24) is 5.32 Å². The molecule has 5 nitrogen and oxygen atoms in total. The third-order valence-corrected chi connectivity index (χ3v) is 2.94. The van der Waals surface area contributed by atoms with E-state index in [9.17, 15) is 9.59 Å². The Morgan fingerprint density at radius 3 is 2.40 bits per heavy atom. The fourth-order valence-electron chi connectivity index (χ4n) is 1.92. The van der Waals surface area contributed by atoms with Crippen molar-refractivity contribution in [1.29, 1.82) is 0 Å². The van der Waals surface area contributed by atoms with E-state index in [2.05, 4.69) is 10.6 Å². The lowest BCUT2D eigenvalue weighted by Crippen LogP contribution is -2.54. The quantitative estimate of drug-likeness (QED) is 0.628. The minimum atomic E-state index is -1.04. The van der Waals surface area contributed by atoms with Crippen molar-refractivity contribution in [2.24, 2.45) is 0 Å². The minimum Gasteiger partial charge on any atom is -0.467 e. The molecule has 1 unspecified atom stereocenters. The first-order chi connectivity index (χ1) is 9.41. The smallest absolute Gasteiger partial charge is 0.331 e. The maximum Gasteiger partial charge on any atom is 0.331 e. The van der Waals surface area contributed by atoms with Crippen LogP contribution >= 0.6 is 0 Å². The lowest BCUT2D eigenvalue weighted by atomic mass is 9.96. The molecule has 0 aliphatic carbocycles. The summed E-state index contributed by atoms with van der Waals surface area (Å²) in [5, 5.41) is 5.30. The summed E-state index contributed by atoms with van der Waals surface area (Å²) < 4.78 is 4.74. The summed E-state index contributed by atoms with van der Waals surface area (Å²) in [5.74, 6) is -0.466. The fourth-order valence-corrected chi connectivity index (χ4v) is 1.92. The normalized spacial score (nSPS) is 13.2. The number of esters is 1. The van der Waals surface area contributed by atoms with Gasteiger partial charge in [-0.05, 0) is 25.5 Å². The first-order valence-electron chi connectivity index (χ1n) is 6.44. The van der Waals surface area contributed by atoms with E-state index in [-0.39, 0.29) is 0 Å². The van der Waals surface area contributed by atoms with Crippen LogP contribution in [0.3, 0.4) is 0 Å². The van der Waals surface area contributed by atoms with Gasteiger partial charge in [0.25, 0.3) is 0 Å². The van der Waals surface area contributed by atoms with Gasteiger partial charge in [0.15, 0.2) is 0 Å². The highest BCUT2D eigenvalue weighted by Crippen LogP contribution is 2.15. The molecule has 1 aromatic rings. The molecule has 0 saturated carbocycles. The summed E-state index contributed by atoms with van der Waals surface area (Å²) >= 11 is 0. The minimum absolute atomic E-state index is 0.462. The first-order valence-corrected chi connectivity index (χ1v) is 6.44. The molecule has 2 N–H and O–H groups in total. The van der Waals surface area contributed by atoms with E-state index < -0.39 is 17.5 Å². The Morgan fingerprint density at radius 1 is 1.30 bits per heavy atom. The third-order valence-electron chi connectivity index (χ3n) is 2.94. The molecule has 6 heteroatoms. The van der Waals surface area contributed by atoms with Crippen LogP contribution in [0.15, 0.2) is 24.3 Å². The second-order valence-electron chi connectivity index (χ2n) is 4.77. The van der Waals surface area contributed by atoms with E-state index in [4.69, 9.17) is 12.6 Å². The van der Waals surface area contributed by atoms with Gasteiger partial charge >= 0.3 is 12.0 Å². The van der Waals surface area contributed by atoms with Gasteiger partial charge in [0.1, 0.15) is 13.4 Å². The van der Waals surface area contributed by atoms with Gasteiger partial charge < -0.3 is 15.4 Å². The number of urea groups is 1. The number of rotatable bonds is 5. The zero-order valence-corrected chi connectivity index (χ0v) is 12.0. The number of amides is 2. The number of hydrogen-bond acceptors (Lipinski definition) is 3. The van der Waals surface area contributed by atoms with Crippen molar-refractivity contribution < 1.29 is 14.3 Å². The van der Waals surface area contributed by atoms with Gasteiger partial charge in [0, 0.05) is 5.69 Å². The third kappa shape index (κ3) is 4.29. The summed E-state index contributed by atoms with van der Waals surface area (Å²) in [7, 11) is 6.87. The first kappa shape index (κ1) is 16.1. The molecule has 0 fully saturated rings. The summed E-state index contributed by atoms with van der Waals surface area (Å²) in [6.45, 7) is 3.58. The van der Waals surface area contributed by atoms with Crippen molar-refractivity contribution in [2.45, 2.75) is 32.2 Å². The van der Waals surface area contributed by atoms with Crippen LogP contribution in [0, 0.1) is 0 Å². The Balaban J connectivity index is 2.71. The Hall–Kier alpha value is -1.98. The van der Waals surface area contributed by atoms with Crippen LogP contribution in [0.2, 0.25) is 0 Å².